The first-order valence-corrected chi connectivity index (χ1v) is 8.12. The second-order valence-corrected chi connectivity index (χ2v) is 7.23. The van der Waals surface area contributed by atoms with Crippen molar-refractivity contribution in [1.82, 2.24) is 4.90 Å². The van der Waals surface area contributed by atoms with Gasteiger partial charge in [0.15, 0.2) is 5.78 Å². The van der Waals surface area contributed by atoms with E-state index in [-0.39, 0.29) is 5.78 Å². The van der Waals surface area contributed by atoms with Gasteiger partial charge >= 0.3 is 0 Å². The zero-order chi connectivity index (χ0) is 13.8. The summed E-state index contributed by atoms with van der Waals surface area (Å²) in [4.78, 5) is 17.9. The predicted octanol–water partition coefficient (Wildman–Crippen LogP) is 4.21. The van der Waals surface area contributed by atoms with E-state index < -0.39 is 0 Å². The lowest BCUT2D eigenvalue weighted by Gasteiger charge is -2.24. The smallest absolute Gasteiger partial charge is 0.186 e. The van der Waals surface area contributed by atoms with Crippen molar-refractivity contribution in [2.75, 3.05) is 6.54 Å². The van der Waals surface area contributed by atoms with Crippen LogP contribution in [0.4, 0.5) is 0 Å². The minimum absolute atomic E-state index is 0.225. The summed E-state index contributed by atoms with van der Waals surface area (Å²) in [7, 11) is 0. The van der Waals surface area contributed by atoms with Crippen molar-refractivity contribution in [2.24, 2.45) is 0 Å². The number of rotatable bonds is 6. The molecule has 2 nitrogen and oxygen atoms in total. The Bertz CT molecular complexity index is 528. The van der Waals surface area contributed by atoms with Gasteiger partial charge in [-0.1, -0.05) is 6.07 Å². The van der Waals surface area contributed by atoms with Crippen molar-refractivity contribution >= 4 is 28.5 Å². The van der Waals surface area contributed by atoms with Gasteiger partial charge in [0.05, 0.1) is 11.4 Å². The van der Waals surface area contributed by atoms with E-state index in [1.165, 1.54) is 9.75 Å². The average Bonchev–Trinajstić information content (AvgIpc) is 2.99. The highest BCUT2D eigenvalue weighted by molar-refractivity contribution is 7.14. The Labute approximate surface area is 122 Å². The SMILES string of the molecule is Cc1ccc(C(=O)CN(Cc2cccs2)C(C)C)s1. The normalized spacial score (nSPS) is 11.4. The zero-order valence-electron chi connectivity index (χ0n) is 11.6. The Kier molecular flexibility index (Phi) is 4.91. The van der Waals surface area contributed by atoms with Crippen LogP contribution in [0, 0.1) is 6.92 Å². The van der Waals surface area contributed by atoms with Crippen LogP contribution >= 0.6 is 22.7 Å². The van der Waals surface area contributed by atoms with E-state index in [1.807, 2.05) is 19.1 Å². The summed E-state index contributed by atoms with van der Waals surface area (Å²) in [6, 6.07) is 8.50. The second-order valence-electron chi connectivity index (χ2n) is 4.91. The maximum Gasteiger partial charge on any atom is 0.186 e. The Morgan fingerprint density at radius 1 is 1.32 bits per heavy atom. The first-order valence-electron chi connectivity index (χ1n) is 6.42. The molecule has 2 aromatic rings. The fourth-order valence-corrected chi connectivity index (χ4v) is 3.40. The lowest BCUT2D eigenvalue weighted by atomic mass is 10.2. The average molecular weight is 293 g/mol. The van der Waals surface area contributed by atoms with Crippen LogP contribution in [0.15, 0.2) is 29.6 Å². The molecule has 2 heterocycles. The Balaban J connectivity index is 2.02. The molecule has 2 aromatic heterocycles. The number of ketones is 1. The number of hydrogen-bond acceptors (Lipinski definition) is 4. The molecule has 0 amide bonds. The van der Waals surface area contributed by atoms with Crippen molar-refractivity contribution in [1.29, 1.82) is 0 Å². The van der Waals surface area contributed by atoms with Gasteiger partial charge in [0.1, 0.15) is 0 Å². The Morgan fingerprint density at radius 2 is 2.11 bits per heavy atom. The van der Waals surface area contributed by atoms with E-state index >= 15 is 0 Å². The summed E-state index contributed by atoms with van der Waals surface area (Å²) >= 11 is 3.33. The van der Waals surface area contributed by atoms with Crippen molar-refractivity contribution in [3.8, 4) is 0 Å². The monoisotopic (exact) mass is 293 g/mol. The number of hydrogen-bond donors (Lipinski definition) is 0. The molecule has 0 bridgehead atoms. The van der Waals surface area contributed by atoms with Gasteiger partial charge in [-0.2, -0.15) is 0 Å². The van der Waals surface area contributed by atoms with Crippen molar-refractivity contribution in [3.05, 3.63) is 44.3 Å². The zero-order valence-corrected chi connectivity index (χ0v) is 13.2. The van der Waals surface area contributed by atoms with E-state index in [9.17, 15) is 4.79 Å². The summed E-state index contributed by atoms with van der Waals surface area (Å²) in [5, 5.41) is 2.08. The molecular weight excluding hydrogens is 274 g/mol. The van der Waals surface area contributed by atoms with Crippen LogP contribution < -0.4 is 0 Å². The third-order valence-electron chi connectivity index (χ3n) is 3.03. The van der Waals surface area contributed by atoms with Gasteiger partial charge in [-0.15, -0.1) is 22.7 Å². The topological polar surface area (TPSA) is 20.3 Å². The van der Waals surface area contributed by atoms with E-state index in [0.717, 1.165) is 11.4 Å². The molecule has 0 aromatic carbocycles. The summed E-state index contributed by atoms with van der Waals surface area (Å²) in [5.74, 6) is 0.225. The lowest BCUT2D eigenvalue weighted by Crippen LogP contribution is -2.34. The minimum atomic E-state index is 0.225. The molecule has 2 rings (SSSR count). The second kappa shape index (κ2) is 6.46. The molecule has 0 spiro atoms. The molecule has 0 radical (unpaired) electrons. The summed E-state index contributed by atoms with van der Waals surface area (Å²) in [5.41, 5.74) is 0. The molecule has 102 valence electrons. The number of carbonyl (C=O) groups is 1. The molecule has 4 heteroatoms. The summed E-state index contributed by atoms with van der Waals surface area (Å²) in [6.45, 7) is 7.66. The number of Topliss-reactive ketones (excluding diaryl/α,β-unsaturated/α-hetero) is 1. The first-order chi connectivity index (χ1) is 9.06. The van der Waals surface area contributed by atoms with Gasteiger partial charge in [0.2, 0.25) is 0 Å². The molecule has 0 aliphatic rings. The first kappa shape index (κ1) is 14.4. The quantitative estimate of drug-likeness (QED) is 0.744. The van der Waals surface area contributed by atoms with Crippen LogP contribution in [0.1, 0.15) is 33.3 Å². The van der Waals surface area contributed by atoms with Gasteiger partial charge in [-0.05, 0) is 44.4 Å². The predicted molar refractivity (Wildman–Crippen MR) is 83.3 cm³/mol. The Hall–Kier alpha value is -0.970. The van der Waals surface area contributed by atoms with Gasteiger partial charge < -0.3 is 0 Å². The van der Waals surface area contributed by atoms with Crippen LogP contribution in [0.2, 0.25) is 0 Å². The summed E-state index contributed by atoms with van der Waals surface area (Å²) < 4.78 is 0. The van der Waals surface area contributed by atoms with E-state index in [0.29, 0.717) is 12.6 Å². The van der Waals surface area contributed by atoms with Crippen LogP contribution in [0.3, 0.4) is 0 Å². The van der Waals surface area contributed by atoms with Crippen molar-refractivity contribution < 1.29 is 4.79 Å². The van der Waals surface area contributed by atoms with Crippen LogP contribution in [0.5, 0.6) is 0 Å². The Morgan fingerprint density at radius 3 is 2.63 bits per heavy atom. The van der Waals surface area contributed by atoms with E-state index in [2.05, 4.69) is 36.3 Å². The van der Waals surface area contributed by atoms with Gasteiger partial charge in [0.25, 0.3) is 0 Å². The van der Waals surface area contributed by atoms with E-state index in [1.54, 1.807) is 22.7 Å². The van der Waals surface area contributed by atoms with Crippen molar-refractivity contribution in [2.45, 2.75) is 33.4 Å². The number of carbonyl (C=O) groups excluding carboxylic acids is 1. The number of nitrogens with zero attached hydrogens (tertiary/aromatic N) is 1. The summed E-state index contributed by atoms with van der Waals surface area (Å²) in [6.07, 6.45) is 0. The molecule has 0 saturated carbocycles. The molecule has 0 N–H and O–H groups in total. The standard InChI is InChI=1S/C15H19NOS2/c1-11(2)16(9-13-5-4-8-18-13)10-14(17)15-7-6-12(3)19-15/h4-8,11H,9-10H2,1-3H3. The maximum atomic E-state index is 12.3. The molecule has 19 heavy (non-hydrogen) atoms. The maximum absolute atomic E-state index is 12.3. The number of aryl methyl sites for hydroxylation is 1. The number of thiophene rings is 2. The molecule has 0 aliphatic carbocycles. The third-order valence-corrected chi connectivity index (χ3v) is 4.93. The molecular formula is C15H19NOS2. The minimum Gasteiger partial charge on any atom is -0.292 e. The van der Waals surface area contributed by atoms with Crippen molar-refractivity contribution in [3.63, 3.8) is 0 Å². The highest BCUT2D eigenvalue weighted by Crippen LogP contribution is 2.18. The largest absolute Gasteiger partial charge is 0.292 e. The molecule has 0 unspecified atom stereocenters. The fraction of sp³-hybridized carbons (Fsp3) is 0.400. The van der Waals surface area contributed by atoms with E-state index in [4.69, 9.17) is 0 Å². The molecule has 0 saturated heterocycles. The van der Waals surface area contributed by atoms with Crippen LogP contribution in [0.25, 0.3) is 0 Å². The van der Waals surface area contributed by atoms with Gasteiger partial charge in [0, 0.05) is 22.3 Å². The van der Waals surface area contributed by atoms with Crippen LogP contribution in [-0.2, 0) is 6.54 Å². The molecule has 0 atom stereocenters. The fourth-order valence-electron chi connectivity index (χ4n) is 1.87. The van der Waals surface area contributed by atoms with Gasteiger partial charge in [-0.25, -0.2) is 0 Å². The highest BCUT2D eigenvalue weighted by atomic mass is 32.1. The van der Waals surface area contributed by atoms with Gasteiger partial charge in [-0.3, -0.25) is 9.69 Å². The molecule has 0 aliphatic heterocycles. The van der Waals surface area contributed by atoms with Crippen LogP contribution in [-0.4, -0.2) is 23.3 Å². The third kappa shape index (κ3) is 4.00. The molecule has 0 fully saturated rings. The highest BCUT2D eigenvalue weighted by Gasteiger charge is 2.17. The lowest BCUT2D eigenvalue weighted by molar-refractivity contribution is 0.0903.